The van der Waals surface area contributed by atoms with Crippen LogP contribution in [0.1, 0.15) is 25.1 Å². The van der Waals surface area contributed by atoms with Crippen LogP contribution in [-0.2, 0) is 13.1 Å². The first-order valence-electron chi connectivity index (χ1n) is 5.73. The van der Waals surface area contributed by atoms with Crippen molar-refractivity contribution in [2.45, 2.75) is 40.8 Å². The lowest BCUT2D eigenvalue weighted by molar-refractivity contribution is 0.659. The standard InChI is InChI=1S/C12H18N4/c1-5-15-7-11(13-8-15)12-9(3)10(4)14-16(12)6-2/h7-8H,5-6H2,1-4H3. The monoisotopic (exact) mass is 218 g/mol. The van der Waals surface area contributed by atoms with Gasteiger partial charge in [0.1, 0.15) is 5.69 Å². The van der Waals surface area contributed by atoms with Gasteiger partial charge in [0.25, 0.3) is 0 Å². The van der Waals surface area contributed by atoms with Crippen molar-refractivity contribution in [1.29, 1.82) is 0 Å². The minimum atomic E-state index is 0.878. The van der Waals surface area contributed by atoms with Crippen LogP contribution in [0.15, 0.2) is 12.5 Å². The Morgan fingerprint density at radius 3 is 2.50 bits per heavy atom. The van der Waals surface area contributed by atoms with Crippen molar-refractivity contribution in [3.05, 3.63) is 23.8 Å². The molecule has 0 spiro atoms. The average Bonchev–Trinajstić information content (AvgIpc) is 2.85. The molecule has 2 rings (SSSR count). The molecule has 0 amide bonds. The van der Waals surface area contributed by atoms with Crippen molar-refractivity contribution >= 4 is 0 Å². The molecule has 86 valence electrons. The molecule has 0 aliphatic heterocycles. The molecule has 0 unspecified atom stereocenters. The van der Waals surface area contributed by atoms with E-state index in [1.54, 1.807) is 0 Å². The largest absolute Gasteiger partial charge is 0.337 e. The molecule has 0 atom stereocenters. The van der Waals surface area contributed by atoms with Gasteiger partial charge in [-0.15, -0.1) is 0 Å². The van der Waals surface area contributed by atoms with E-state index in [1.165, 1.54) is 5.56 Å². The quantitative estimate of drug-likeness (QED) is 0.793. The molecule has 0 fully saturated rings. The Labute approximate surface area is 95.9 Å². The Morgan fingerprint density at radius 1 is 1.19 bits per heavy atom. The molecule has 0 aliphatic carbocycles. The summed E-state index contributed by atoms with van der Waals surface area (Å²) < 4.78 is 4.10. The van der Waals surface area contributed by atoms with E-state index < -0.39 is 0 Å². The van der Waals surface area contributed by atoms with Gasteiger partial charge >= 0.3 is 0 Å². The SMILES string of the molecule is CCn1cnc(-c2c(C)c(C)nn2CC)c1. The first-order valence-corrected chi connectivity index (χ1v) is 5.73. The van der Waals surface area contributed by atoms with Gasteiger partial charge in [0.2, 0.25) is 0 Å². The van der Waals surface area contributed by atoms with Crippen LogP contribution in [0.2, 0.25) is 0 Å². The lowest BCUT2D eigenvalue weighted by Gasteiger charge is -2.02. The molecule has 4 heteroatoms. The fourth-order valence-corrected chi connectivity index (χ4v) is 1.88. The van der Waals surface area contributed by atoms with E-state index in [2.05, 4.69) is 41.6 Å². The lowest BCUT2D eigenvalue weighted by atomic mass is 10.2. The summed E-state index contributed by atoms with van der Waals surface area (Å²) in [6.45, 7) is 10.2. The maximum atomic E-state index is 4.51. The van der Waals surface area contributed by atoms with E-state index in [0.29, 0.717) is 0 Å². The van der Waals surface area contributed by atoms with E-state index in [4.69, 9.17) is 0 Å². The first-order chi connectivity index (χ1) is 7.67. The molecular formula is C12H18N4. The second kappa shape index (κ2) is 4.12. The smallest absolute Gasteiger partial charge is 0.107 e. The molecule has 0 bridgehead atoms. The maximum Gasteiger partial charge on any atom is 0.107 e. The summed E-state index contributed by atoms with van der Waals surface area (Å²) in [4.78, 5) is 4.44. The third-order valence-electron chi connectivity index (χ3n) is 2.97. The second-order valence-corrected chi connectivity index (χ2v) is 3.96. The number of hydrogen-bond donors (Lipinski definition) is 0. The molecule has 0 radical (unpaired) electrons. The highest BCUT2D eigenvalue weighted by Crippen LogP contribution is 2.23. The summed E-state index contributed by atoms with van der Waals surface area (Å²) >= 11 is 0. The number of nitrogens with zero attached hydrogens (tertiary/aromatic N) is 4. The summed E-state index contributed by atoms with van der Waals surface area (Å²) in [6, 6.07) is 0. The predicted octanol–water partition coefficient (Wildman–Crippen LogP) is 2.40. The van der Waals surface area contributed by atoms with E-state index in [-0.39, 0.29) is 0 Å². The molecule has 4 nitrogen and oxygen atoms in total. The van der Waals surface area contributed by atoms with Crippen LogP contribution in [0.4, 0.5) is 0 Å². The van der Waals surface area contributed by atoms with Gasteiger partial charge in [0, 0.05) is 19.3 Å². The van der Waals surface area contributed by atoms with Gasteiger partial charge in [-0.25, -0.2) is 4.98 Å². The highest BCUT2D eigenvalue weighted by molar-refractivity contribution is 5.59. The average molecular weight is 218 g/mol. The van der Waals surface area contributed by atoms with Gasteiger partial charge in [0.05, 0.1) is 17.7 Å². The lowest BCUT2D eigenvalue weighted by Crippen LogP contribution is -1.99. The molecule has 0 saturated heterocycles. The van der Waals surface area contributed by atoms with Crippen molar-refractivity contribution in [2.75, 3.05) is 0 Å². The van der Waals surface area contributed by atoms with Gasteiger partial charge in [-0.2, -0.15) is 5.10 Å². The van der Waals surface area contributed by atoms with E-state index in [0.717, 1.165) is 30.2 Å². The Bertz CT molecular complexity index is 493. The summed E-state index contributed by atoms with van der Waals surface area (Å²) in [5, 5.41) is 4.51. The Kier molecular flexibility index (Phi) is 2.81. The van der Waals surface area contributed by atoms with Crippen molar-refractivity contribution in [1.82, 2.24) is 19.3 Å². The van der Waals surface area contributed by atoms with Crippen LogP contribution in [-0.4, -0.2) is 19.3 Å². The van der Waals surface area contributed by atoms with Gasteiger partial charge in [-0.3, -0.25) is 4.68 Å². The van der Waals surface area contributed by atoms with Gasteiger partial charge < -0.3 is 4.57 Å². The van der Waals surface area contributed by atoms with Crippen LogP contribution >= 0.6 is 0 Å². The minimum absolute atomic E-state index is 0.878. The van der Waals surface area contributed by atoms with E-state index in [9.17, 15) is 0 Å². The summed E-state index contributed by atoms with van der Waals surface area (Å²) in [7, 11) is 0. The number of imidazole rings is 1. The molecule has 0 N–H and O–H groups in total. The Balaban J connectivity index is 2.53. The third kappa shape index (κ3) is 1.64. The predicted molar refractivity (Wildman–Crippen MR) is 64.3 cm³/mol. The third-order valence-corrected chi connectivity index (χ3v) is 2.97. The first kappa shape index (κ1) is 10.9. The fourth-order valence-electron chi connectivity index (χ4n) is 1.88. The summed E-state index contributed by atoms with van der Waals surface area (Å²) in [6.07, 6.45) is 3.95. The second-order valence-electron chi connectivity index (χ2n) is 3.96. The van der Waals surface area contributed by atoms with Crippen LogP contribution in [0.5, 0.6) is 0 Å². The molecule has 0 aromatic carbocycles. The Morgan fingerprint density at radius 2 is 1.94 bits per heavy atom. The summed E-state index contributed by atoms with van der Waals surface area (Å²) in [5.74, 6) is 0. The zero-order chi connectivity index (χ0) is 11.7. The number of aryl methyl sites for hydroxylation is 3. The normalized spacial score (nSPS) is 11.0. The number of hydrogen-bond acceptors (Lipinski definition) is 2. The zero-order valence-corrected chi connectivity index (χ0v) is 10.4. The van der Waals surface area contributed by atoms with Crippen molar-refractivity contribution < 1.29 is 0 Å². The molecule has 2 aromatic rings. The molecule has 0 aliphatic rings. The maximum absolute atomic E-state index is 4.51. The topological polar surface area (TPSA) is 35.6 Å². The molecular weight excluding hydrogens is 200 g/mol. The van der Waals surface area contributed by atoms with Crippen LogP contribution in [0.3, 0.4) is 0 Å². The van der Waals surface area contributed by atoms with Crippen molar-refractivity contribution in [3.8, 4) is 11.4 Å². The van der Waals surface area contributed by atoms with Crippen LogP contribution in [0.25, 0.3) is 11.4 Å². The number of aromatic nitrogens is 4. The van der Waals surface area contributed by atoms with E-state index in [1.807, 2.05) is 17.9 Å². The van der Waals surface area contributed by atoms with Crippen LogP contribution in [0, 0.1) is 13.8 Å². The van der Waals surface area contributed by atoms with Crippen molar-refractivity contribution in [3.63, 3.8) is 0 Å². The minimum Gasteiger partial charge on any atom is -0.337 e. The summed E-state index contributed by atoms with van der Waals surface area (Å²) in [5.41, 5.74) is 4.47. The molecule has 16 heavy (non-hydrogen) atoms. The zero-order valence-electron chi connectivity index (χ0n) is 10.4. The fraction of sp³-hybridized carbons (Fsp3) is 0.500. The van der Waals surface area contributed by atoms with Crippen LogP contribution < -0.4 is 0 Å². The van der Waals surface area contributed by atoms with E-state index >= 15 is 0 Å². The molecule has 2 heterocycles. The van der Waals surface area contributed by atoms with Crippen molar-refractivity contribution in [2.24, 2.45) is 0 Å². The highest BCUT2D eigenvalue weighted by Gasteiger charge is 2.14. The number of rotatable bonds is 3. The van der Waals surface area contributed by atoms with Gasteiger partial charge in [-0.05, 0) is 33.3 Å². The highest BCUT2D eigenvalue weighted by atomic mass is 15.3. The molecule has 0 saturated carbocycles. The van der Waals surface area contributed by atoms with Gasteiger partial charge in [0.15, 0.2) is 0 Å². The Hall–Kier alpha value is -1.58. The van der Waals surface area contributed by atoms with Gasteiger partial charge in [-0.1, -0.05) is 0 Å². The molecule has 2 aromatic heterocycles.